The van der Waals surface area contributed by atoms with Gasteiger partial charge in [0.15, 0.2) is 5.60 Å². The number of nitrogens with zero attached hydrogens (tertiary/aromatic N) is 1. The van der Waals surface area contributed by atoms with Gasteiger partial charge in [0.25, 0.3) is 0 Å². The third-order valence-corrected chi connectivity index (χ3v) is 7.34. The van der Waals surface area contributed by atoms with Crippen LogP contribution in [0.2, 0.25) is 0 Å². The maximum absolute atomic E-state index is 14.2. The highest BCUT2D eigenvalue weighted by Crippen LogP contribution is 2.53. The molecule has 1 saturated heterocycles. The average Bonchev–Trinajstić information content (AvgIpc) is 3.27. The predicted molar refractivity (Wildman–Crippen MR) is 150 cm³/mol. The molecule has 0 aliphatic carbocycles. The SMILES string of the molecule is CC(C)Cc1ccc([C@H](C)C(=O)N2C(=O)OC(c3ccccc3)(c3ccccc3)[C@H]2c2ccccc2)cc1. The molecule has 1 aliphatic rings. The number of amides is 2. The number of hydrogen-bond acceptors (Lipinski definition) is 3. The van der Waals surface area contributed by atoms with Crippen LogP contribution in [0.4, 0.5) is 4.79 Å². The van der Waals surface area contributed by atoms with Gasteiger partial charge in [-0.15, -0.1) is 0 Å². The quantitative estimate of drug-likeness (QED) is 0.260. The van der Waals surface area contributed by atoms with E-state index in [0.29, 0.717) is 5.92 Å². The summed E-state index contributed by atoms with van der Waals surface area (Å²) in [4.78, 5) is 29.3. The molecule has 0 radical (unpaired) electrons. The zero-order valence-electron chi connectivity index (χ0n) is 22.1. The van der Waals surface area contributed by atoms with Crippen LogP contribution in [0, 0.1) is 5.92 Å². The number of benzene rings is 4. The van der Waals surface area contributed by atoms with Gasteiger partial charge in [0.1, 0.15) is 6.04 Å². The van der Waals surface area contributed by atoms with Gasteiger partial charge in [-0.1, -0.05) is 129 Å². The molecule has 2 amide bonds. The predicted octanol–water partition coefficient (Wildman–Crippen LogP) is 7.65. The van der Waals surface area contributed by atoms with Crippen molar-refractivity contribution >= 4 is 12.0 Å². The Labute approximate surface area is 224 Å². The third kappa shape index (κ3) is 4.63. The van der Waals surface area contributed by atoms with Crippen LogP contribution < -0.4 is 0 Å². The van der Waals surface area contributed by atoms with E-state index < -0.39 is 23.7 Å². The normalized spacial score (nSPS) is 17.3. The van der Waals surface area contributed by atoms with Gasteiger partial charge in [-0.05, 0) is 36.0 Å². The molecule has 1 fully saturated rings. The lowest BCUT2D eigenvalue weighted by Gasteiger charge is -2.36. The highest BCUT2D eigenvalue weighted by Gasteiger charge is 2.59. The molecule has 0 saturated carbocycles. The van der Waals surface area contributed by atoms with Crippen LogP contribution in [0.3, 0.4) is 0 Å². The molecular weight excluding hydrogens is 470 g/mol. The van der Waals surface area contributed by atoms with Crippen molar-refractivity contribution in [1.29, 1.82) is 0 Å². The van der Waals surface area contributed by atoms with Crippen molar-refractivity contribution in [2.75, 3.05) is 0 Å². The summed E-state index contributed by atoms with van der Waals surface area (Å²) in [5.74, 6) is -0.256. The Kier molecular flexibility index (Phi) is 7.15. The van der Waals surface area contributed by atoms with E-state index in [1.54, 1.807) is 0 Å². The summed E-state index contributed by atoms with van der Waals surface area (Å²) in [6, 6.07) is 36.6. The fourth-order valence-electron chi connectivity index (χ4n) is 5.50. The standard InChI is InChI=1S/C34H33NO3/c1-24(2)23-26-19-21-27(22-20-26)25(3)32(36)35-31(28-13-7-4-8-14-28)34(38-33(35)37,29-15-9-5-10-16-29)30-17-11-6-12-18-30/h4-22,24-25,31H,23H2,1-3H3/t25-,31+/m0/s1. The van der Waals surface area contributed by atoms with Crippen LogP contribution in [0.25, 0.3) is 0 Å². The number of hydrogen-bond donors (Lipinski definition) is 0. The van der Waals surface area contributed by atoms with Crippen molar-refractivity contribution in [2.24, 2.45) is 5.92 Å². The first-order valence-corrected chi connectivity index (χ1v) is 13.2. The zero-order chi connectivity index (χ0) is 26.7. The Hall–Kier alpha value is -4.18. The van der Waals surface area contributed by atoms with Gasteiger partial charge in [-0.2, -0.15) is 0 Å². The van der Waals surface area contributed by atoms with E-state index in [0.717, 1.165) is 28.7 Å². The van der Waals surface area contributed by atoms with E-state index in [9.17, 15) is 9.59 Å². The molecule has 0 aromatic heterocycles. The minimum absolute atomic E-state index is 0.283. The van der Waals surface area contributed by atoms with E-state index in [-0.39, 0.29) is 5.91 Å². The molecule has 0 spiro atoms. The van der Waals surface area contributed by atoms with Crippen molar-refractivity contribution in [3.05, 3.63) is 143 Å². The summed E-state index contributed by atoms with van der Waals surface area (Å²) in [5.41, 5.74) is 3.37. The van der Waals surface area contributed by atoms with Gasteiger partial charge in [0.05, 0.1) is 5.92 Å². The van der Waals surface area contributed by atoms with E-state index in [1.165, 1.54) is 10.5 Å². The Morgan fingerprint density at radius 3 is 1.76 bits per heavy atom. The van der Waals surface area contributed by atoms with Gasteiger partial charge >= 0.3 is 6.09 Å². The van der Waals surface area contributed by atoms with Gasteiger partial charge in [0.2, 0.25) is 5.91 Å². The molecular formula is C34H33NO3. The number of ether oxygens (including phenoxy) is 1. The Morgan fingerprint density at radius 1 is 0.763 bits per heavy atom. The minimum Gasteiger partial charge on any atom is -0.430 e. The molecule has 0 bridgehead atoms. The summed E-state index contributed by atoms with van der Waals surface area (Å²) < 4.78 is 6.34. The first-order valence-electron chi connectivity index (χ1n) is 13.2. The van der Waals surface area contributed by atoms with E-state index in [2.05, 4.69) is 26.0 Å². The van der Waals surface area contributed by atoms with E-state index in [4.69, 9.17) is 4.74 Å². The van der Waals surface area contributed by atoms with Crippen LogP contribution >= 0.6 is 0 Å². The molecule has 0 unspecified atom stereocenters. The van der Waals surface area contributed by atoms with Crippen LogP contribution in [0.5, 0.6) is 0 Å². The molecule has 2 atom stereocenters. The highest BCUT2D eigenvalue weighted by molar-refractivity contribution is 5.98. The Balaban J connectivity index is 1.62. The molecule has 38 heavy (non-hydrogen) atoms. The Bertz CT molecular complexity index is 1340. The number of carbonyl (C=O) groups excluding carboxylic acids is 2. The largest absolute Gasteiger partial charge is 0.430 e. The summed E-state index contributed by atoms with van der Waals surface area (Å²) in [7, 11) is 0. The molecule has 0 N–H and O–H groups in total. The van der Waals surface area contributed by atoms with E-state index in [1.807, 2.05) is 110 Å². The molecule has 1 aliphatic heterocycles. The lowest BCUT2D eigenvalue weighted by atomic mass is 9.77. The maximum atomic E-state index is 14.2. The van der Waals surface area contributed by atoms with Crippen molar-refractivity contribution in [3.8, 4) is 0 Å². The van der Waals surface area contributed by atoms with Crippen molar-refractivity contribution in [1.82, 2.24) is 4.90 Å². The molecule has 5 rings (SSSR count). The van der Waals surface area contributed by atoms with Gasteiger partial charge < -0.3 is 4.74 Å². The zero-order valence-corrected chi connectivity index (χ0v) is 22.1. The number of imide groups is 1. The van der Waals surface area contributed by atoms with Crippen LogP contribution in [-0.2, 0) is 21.6 Å². The first-order chi connectivity index (χ1) is 18.4. The number of carbonyl (C=O) groups is 2. The fourth-order valence-corrected chi connectivity index (χ4v) is 5.50. The molecule has 4 aromatic carbocycles. The highest BCUT2D eigenvalue weighted by atomic mass is 16.6. The van der Waals surface area contributed by atoms with E-state index >= 15 is 0 Å². The maximum Gasteiger partial charge on any atom is 0.418 e. The summed E-state index contributed by atoms with van der Waals surface area (Å²) in [6.07, 6.45) is 0.341. The summed E-state index contributed by atoms with van der Waals surface area (Å²) in [5, 5.41) is 0. The van der Waals surface area contributed by atoms with Gasteiger partial charge in [0, 0.05) is 11.1 Å². The molecule has 4 nitrogen and oxygen atoms in total. The van der Waals surface area contributed by atoms with Gasteiger partial charge in [-0.3, -0.25) is 4.79 Å². The van der Waals surface area contributed by atoms with Crippen LogP contribution in [0.15, 0.2) is 115 Å². The molecule has 192 valence electrons. The van der Waals surface area contributed by atoms with Crippen molar-refractivity contribution in [2.45, 2.75) is 44.8 Å². The topological polar surface area (TPSA) is 46.6 Å². The fraction of sp³-hybridized carbons (Fsp3) is 0.235. The van der Waals surface area contributed by atoms with Crippen molar-refractivity contribution in [3.63, 3.8) is 0 Å². The first kappa shape index (κ1) is 25.5. The molecule has 1 heterocycles. The lowest BCUT2D eigenvalue weighted by molar-refractivity contribution is -0.131. The molecule has 4 heteroatoms. The number of rotatable bonds is 7. The molecule has 4 aromatic rings. The van der Waals surface area contributed by atoms with Gasteiger partial charge in [-0.25, -0.2) is 9.69 Å². The lowest BCUT2D eigenvalue weighted by Crippen LogP contribution is -2.41. The Morgan fingerprint density at radius 2 is 1.26 bits per heavy atom. The summed E-state index contributed by atoms with van der Waals surface area (Å²) >= 11 is 0. The van der Waals surface area contributed by atoms with Crippen LogP contribution in [-0.4, -0.2) is 16.9 Å². The second-order valence-electron chi connectivity index (χ2n) is 10.4. The second-order valence-corrected chi connectivity index (χ2v) is 10.4. The third-order valence-electron chi connectivity index (χ3n) is 7.34. The van der Waals surface area contributed by atoms with Crippen molar-refractivity contribution < 1.29 is 14.3 Å². The average molecular weight is 504 g/mol. The number of cyclic esters (lactones) is 1. The minimum atomic E-state index is -1.20. The smallest absolute Gasteiger partial charge is 0.418 e. The summed E-state index contributed by atoms with van der Waals surface area (Å²) in [6.45, 7) is 6.24. The van der Waals surface area contributed by atoms with Crippen LogP contribution in [0.1, 0.15) is 60.5 Å². The second kappa shape index (κ2) is 10.7. The monoisotopic (exact) mass is 503 g/mol.